The molecule has 2 heterocycles. The molecule has 0 radical (unpaired) electrons. The highest BCUT2D eigenvalue weighted by molar-refractivity contribution is 7.19. The van der Waals surface area contributed by atoms with E-state index in [0.717, 1.165) is 55.0 Å². The highest BCUT2D eigenvalue weighted by atomic mass is 32.1. The third kappa shape index (κ3) is 3.99. The molecule has 6 nitrogen and oxygen atoms in total. The van der Waals surface area contributed by atoms with Gasteiger partial charge in [0.15, 0.2) is 17.2 Å². The number of hydrogen-bond acceptors (Lipinski definition) is 7. The number of carbonyl (C=O) groups is 1. The summed E-state index contributed by atoms with van der Waals surface area (Å²) in [6.45, 7) is 4.05. The fourth-order valence-corrected chi connectivity index (χ4v) is 4.28. The molecule has 1 aliphatic heterocycles. The van der Waals surface area contributed by atoms with Crippen LogP contribution in [0.25, 0.3) is 10.4 Å². The lowest BCUT2D eigenvalue weighted by atomic mass is 10.1. The fraction of sp³-hybridized carbons (Fsp3) is 0.238. The molecule has 0 saturated carbocycles. The summed E-state index contributed by atoms with van der Waals surface area (Å²) in [7, 11) is 2.12. The molecule has 9 heteroatoms. The maximum Gasteiger partial charge on any atom is 0.187 e. The first-order valence-corrected chi connectivity index (χ1v) is 10.3. The van der Waals surface area contributed by atoms with Crippen LogP contribution in [0.4, 0.5) is 31.0 Å². The second-order valence-corrected chi connectivity index (χ2v) is 8.19. The van der Waals surface area contributed by atoms with Gasteiger partial charge in [-0.2, -0.15) is 0 Å². The normalized spacial score (nSPS) is 14.7. The molecule has 0 spiro atoms. The summed E-state index contributed by atoms with van der Waals surface area (Å²) < 4.78 is 28.2. The minimum Gasteiger partial charge on any atom is -0.394 e. The van der Waals surface area contributed by atoms with Crippen LogP contribution in [0.3, 0.4) is 0 Å². The van der Waals surface area contributed by atoms with Gasteiger partial charge in [-0.3, -0.25) is 4.79 Å². The first-order chi connectivity index (χ1) is 14.5. The van der Waals surface area contributed by atoms with Crippen molar-refractivity contribution in [1.82, 2.24) is 9.88 Å². The van der Waals surface area contributed by atoms with Gasteiger partial charge < -0.3 is 20.9 Å². The van der Waals surface area contributed by atoms with Gasteiger partial charge in [-0.15, -0.1) is 0 Å². The van der Waals surface area contributed by atoms with Crippen molar-refractivity contribution in [2.24, 2.45) is 0 Å². The lowest BCUT2D eigenvalue weighted by Crippen LogP contribution is -2.44. The van der Waals surface area contributed by atoms with E-state index in [2.05, 4.69) is 27.1 Å². The van der Waals surface area contributed by atoms with E-state index in [-0.39, 0.29) is 11.1 Å². The van der Waals surface area contributed by atoms with Gasteiger partial charge in [-0.05, 0) is 37.4 Å². The van der Waals surface area contributed by atoms with Crippen LogP contribution in [0.5, 0.6) is 0 Å². The smallest absolute Gasteiger partial charge is 0.187 e. The maximum atomic E-state index is 14.5. The van der Waals surface area contributed by atoms with E-state index in [9.17, 15) is 13.6 Å². The van der Waals surface area contributed by atoms with E-state index in [1.807, 2.05) is 24.3 Å². The number of nitrogens with zero attached hydrogens (tertiary/aromatic N) is 3. The summed E-state index contributed by atoms with van der Waals surface area (Å²) in [4.78, 5) is 20.6. The van der Waals surface area contributed by atoms with Gasteiger partial charge >= 0.3 is 0 Å². The molecule has 2 aromatic carbocycles. The van der Waals surface area contributed by atoms with Crippen molar-refractivity contribution < 1.29 is 13.6 Å². The Hall–Kier alpha value is -3.04. The van der Waals surface area contributed by atoms with E-state index in [1.165, 1.54) is 6.20 Å². The van der Waals surface area contributed by atoms with Crippen molar-refractivity contribution >= 4 is 39.8 Å². The number of aromatic nitrogens is 1. The Bertz CT molecular complexity index is 1060. The average molecular weight is 429 g/mol. The third-order valence-electron chi connectivity index (χ3n) is 5.15. The third-order valence-corrected chi connectivity index (χ3v) is 6.08. The van der Waals surface area contributed by atoms with E-state index >= 15 is 0 Å². The number of piperazine rings is 1. The Kier molecular flexibility index (Phi) is 5.65. The first-order valence-electron chi connectivity index (χ1n) is 9.45. The molecular formula is C21H21F2N5OS. The average Bonchev–Trinajstić information content (AvgIpc) is 3.20. The monoisotopic (exact) mass is 429 g/mol. The van der Waals surface area contributed by atoms with E-state index in [4.69, 9.17) is 5.73 Å². The Morgan fingerprint density at radius 1 is 1.17 bits per heavy atom. The molecule has 1 saturated heterocycles. The van der Waals surface area contributed by atoms with Crippen molar-refractivity contribution in [3.63, 3.8) is 0 Å². The number of carbonyl (C=O) groups excluding carboxylic acids is 1. The molecular weight excluding hydrogens is 408 g/mol. The quantitative estimate of drug-likeness (QED) is 0.472. The van der Waals surface area contributed by atoms with E-state index in [0.29, 0.717) is 16.3 Å². The van der Waals surface area contributed by atoms with Crippen LogP contribution in [0.15, 0.2) is 36.5 Å². The fourth-order valence-electron chi connectivity index (χ4n) is 3.39. The van der Waals surface area contributed by atoms with Crippen LogP contribution >= 0.6 is 11.3 Å². The van der Waals surface area contributed by atoms with Crippen LogP contribution in [-0.4, -0.2) is 49.4 Å². The van der Waals surface area contributed by atoms with Crippen LogP contribution in [0, 0.1) is 11.6 Å². The highest BCUT2D eigenvalue weighted by Crippen LogP contribution is 2.37. The number of halogens is 2. The number of benzene rings is 2. The SMILES string of the molecule is CN1CCN(c2ccc(Nc3ncc(-c4c(C=O)cc(F)c(N)c4F)s3)cc2)CC1. The van der Waals surface area contributed by atoms with Crippen molar-refractivity contribution in [3.8, 4) is 10.4 Å². The number of aldehydes is 1. The largest absolute Gasteiger partial charge is 0.394 e. The summed E-state index contributed by atoms with van der Waals surface area (Å²) in [5.41, 5.74) is 6.69. The van der Waals surface area contributed by atoms with Gasteiger partial charge in [-0.25, -0.2) is 13.8 Å². The molecule has 0 unspecified atom stereocenters. The minimum atomic E-state index is -0.957. The Balaban J connectivity index is 1.52. The van der Waals surface area contributed by atoms with Gasteiger partial charge in [0, 0.05) is 54.9 Å². The minimum absolute atomic E-state index is 0.0418. The summed E-state index contributed by atoms with van der Waals surface area (Å²) in [5, 5.41) is 3.70. The lowest BCUT2D eigenvalue weighted by molar-refractivity contribution is 0.112. The number of rotatable bonds is 5. The zero-order valence-corrected chi connectivity index (χ0v) is 17.2. The van der Waals surface area contributed by atoms with Crippen LogP contribution in [0.1, 0.15) is 10.4 Å². The van der Waals surface area contributed by atoms with Crippen molar-refractivity contribution in [2.45, 2.75) is 0 Å². The number of hydrogen-bond donors (Lipinski definition) is 2. The second-order valence-electron chi connectivity index (χ2n) is 7.16. The Labute approximate surface area is 176 Å². The topological polar surface area (TPSA) is 74.5 Å². The molecule has 30 heavy (non-hydrogen) atoms. The number of nitrogens with one attached hydrogen (secondary N) is 1. The number of nitrogen functional groups attached to an aromatic ring is 1. The zero-order valence-electron chi connectivity index (χ0n) is 16.4. The molecule has 0 atom stereocenters. The summed E-state index contributed by atoms with van der Waals surface area (Å²) in [6.07, 6.45) is 1.85. The number of nitrogens with two attached hydrogens (primary N) is 1. The van der Waals surface area contributed by atoms with Gasteiger partial charge in [0.05, 0.1) is 4.88 Å². The summed E-state index contributed by atoms with van der Waals surface area (Å²) >= 11 is 1.16. The number of thiazole rings is 1. The van der Waals surface area contributed by atoms with Crippen LogP contribution < -0.4 is 16.0 Å². The maximum absolute atomic E-state index is 14.5. The summed E-state index contributed by atoms with van der Waals surface area (Å²) in [6, 6.07) is 8.95. The van der Waals surface area contributed by atoms with E-state index < -0.39 is 17.3 Å². The van der Waals surface area contributed by atoms with Crippen LogP contribution in [-0.2, 0) is 0 Å². The zero-order chi connectivity index (χ0) is 21.3. The van der Waals surface area contributed by atoms with Crippen LogP contribution in [0.2, 0.25) is 0 Å². The molecule has 3 N–H and O–H groups in total. The van der Waals surface area contributed by atoms with Crippen molar-refractivity contribution in [1.29, 1.82) is 0 Å². The first kappa shape index (κ1) is 20.2. The second kappa shape index (κ2) is 8.37. The van der Waals surface area contributed by atoms with Gasteiger partial charge in [0.1, 0.15) is 11.5 Å². The Morgan fingerprint density at radius 3 is 2.53 bits per heavy atom. The standard InChI is InChI=1S/C21H21F2N5OS/c1-27-6-8-28(9-7-27)15-4-2-14(3-5-15)26-21-25-11-17(30-21)18-13(12-29)10-16(22)20(24)19(18)23/h2-5,10-12H,6-9,24H2,1H3,(H,25,26). The molecule has 0 amide bonds. The molecule has 1 fully saturated rings. The van der Waals surface area contributed by atoms with Crippen molar-refractivity contribution in [2.75, 3.05) is 49.2 Å². The predicted molar refractivity (Wildman–Crippen MR) is 117 cm³/mol. The molecule has 4 rings (SSSR count). The predicted octanol–water partition coefficient (Wildman–Crippen LogP) is 3.98. The Morgan fingerprint density at radius 2 is 1.87 bits per heavy atom. The molecule has 156 valence electrons. The molecule has 1 aliphatic rings. The number of likely N-dealkylation sites (N-methyl/N-ethyl adjacent to an activating group) is 1. The summed E-state index contributed by atoms with van der Waals surface area (Å²) in [5.74, 6) is -1.91. The van der Waals surface area contributed by atoms with Gasteiger partial charge in [-0.1, -0.05) is 11.3 Å². The molecule has 0 aliphatic carbocycles. The molecule has 3 aromatic rings. The van der Waals surface area contributed by atoms with Gasteiger partial charge in [0.25, 0.3) is 0 Å². The molecule has 0 bridgehead atoms. The van der Waals surface area contributed by atoms with Gasteiger partial charge in [0.2, 0.25) is 0 Å². The highest BCUT2D eigenvalue weighted by Gasteiger charge is 2.20. The van der Waals surface area contributed by atoms with E-state index in [1.54, 1.807) is 0 Å². The van der Waals surface area contributed by atoms with Crippen molar-refractivity contribution in [3.05, 3.63) is 53.7 Å². The number of anilines is 4. The lowest BCUT2D eigenvalue weighted by Gasteiger charge is -2.34. The molecule has 1 aromatic heterocycles.